The third-order valence-corrected chi connectivity index (χ3v) is 10.3. The summed E-state index contributed by atoms with van der Waals surface area (Å²) >= 11 is 0. The van der Waals surface area contributed by atoms with Crippen LogP contribution in [-0.2, 0) is 4.74 Å². The zero-order valence-corrected chi connectivity index (χ0v) is 23.9. The molecule has 0 unspecified atom stereocenters. The van der Waals surface area contributed by atoms with Gasteiger partial charge >= 0.3 is 0 Å². The molecule has 0 heterocycles. The maximum atomic E-state index is 10.7. The van der Waals surface area contributed by atoms with Crippen LogP contribution in [0, 0.1) is 23.2 Å². The molecule has 4 N–H and O–H groups in total. The van der Waals surface area contributed by atoms with Crippen molar-refractivity contribution >= 4 is 0 Å². The highest BCUT2D eigenvalue weighted by molar-refractivity contribution is 5.40. The van der Waals surface area contributed by atoms with Crippen LogP contribution in [0.5, 0.6) is 0 Å². The molecule has 0 bridgehead atoms. The number of aliphatic hydroxyl groups excluding tert-OH is 3. The van der Waals surface area contributed by atoms with Gasteiger partial charge in [-0.3, -0.25) is 0 Å². The van der Waals surface area contributed by atoms with Gasteiger partial charge < -0.3 is 25.2 Å². The Kier molecular flexibility index (Phi) is 11.1. The smallest absolute Gasteiger partial charge is 0.114 e. The topological polar surface area (TPSA) is 90.2 Å². The minimum atomic E-state index is -0.932. The summed E-state index contributed by atoms with van der Waals surface area (Å²) < 4.78 is 5.65. The summed E-state index contributed by atoms with van der Waals surface area (Å²) in [5.41, 5.74) is 2.88. The Morgan fingerprint density at radius 2 is 1.89 bits per heavy atom. The predicted octanol–water partition coefficient (Wildman–Crippen LogP) is 5.86. The Morgan fingerprint density at radius 3 is 2.57 bits per heavy atom. The van der Waals surface area contributed by atoms with Gasteiger partial charge in [-0.25, -0.2) is 0 Å². The summed E-state index contributed by atoms with van der Waals surface area (Å²) in [5.74, 6) is 1.97. The minimum absolute atomic E-state index is 0.0272. The van der Waals surface area contributed by atoms with Crippen LogP contribution in [0.1, 0.15) is 105 Å². The number of ether oxygens (including phenoxy) is 1. The molecule has 5 heteroatoms. The SMILES string of the molecule is C=C1C(=CC=C2CCC[C@]3(C)[C@@H]([C@H](C)CCCC(O)(CC)CC)CC[C@@H]23)C[C@@H](O)[C@@H](OCCCO)[C@@H]1O. The quantitative estimate of drug-likeness (QED) is 0.243. The van der Waals surface area contributed by atoms with Gasteiger partial charge in [0.1, 0.15) is 12.2 Å². The van der Waals surface area contributed by atoms with Gasteiger partial charge in [0.15, 0.2) is 0 Å². The molecule has 212 valence electrons. The van der Waals surface area contributed by atoms with E-state index in [1.54, 1.807) is 0 Å². The average Bonchev–Trinajstić information content (AvgIpc) is 3.24. The van der Waals surface area contributed by atoms with E-state index in [0.29, 0.717) is 42.3 Å². The van der Waals surface area contributed by atoms with Crippen molar-refractivity contribution in [2.45, 2.75) is 129 Å². The lowest BCUT2D eigenvalue weighted by molar-refractivity contribution is -0.0968. The fraction of sp³-hybridized carbons (Fsp3) is 0.812. The Balaban J connectivity index is 1.65. The molecular formula is C32H54O5. The van der Waals surface area contributed by atoms with Crippen LogP contribution in [-0.4, -0.2) is 57.6 Å². The first-order valence-electron chi connectivity index (χ1n) is 15.0. The first-order chi connectivity index (χ1) is 17.6. The Hall–Kier alpha value is -0.980. The van der Waals surface area contributed by atoms with Crippen LogP contribution < -0.4 is 0 Å². The Bertz CT molecular complexity index is 812. The highest BCUT2D eigenvalue weighted by atomic mass is 16.5. The molecule has 5 nitrogen and oxygen atoms in total. The molecule has 0 saturated heterocycles. The molecule has 0 amide bonds. The molecule has 0 aromatic rings. The van der Waals surface area contributed by atoms with E-state index in [0.717, 1.165) is 43.6 Å². The maximum Gasteiger partial charge on any atom is 0.114 e. The zero-order valence-electron chi connectivity index (χ0n) is 23.9. The number of allylic oxidation sites excluding steroid dienone is 3. The van der Waals surface area contributed by atoms with Crippen molar-refractivity contribution in [1.82, 2.24) is 0 Å². The van der Waals surface area contributed by atoms with Gasteiger partial charge in [0.05, 0.1) is 11.7 Å². The van der Waals surface area contributed by atoms with Crippen LogP contribution in [0.25, 0.3) is 0 Å². The van der Waals surface area contributed by atoms with E-state index in [9.17, 15) is 15.3 Å². The molecule has 3 aliphatic carbocycles. The van der Waals surface area contributed by atoms with Gasteiger partial charge in [0.2, 0.25) is 0 Å². The Labute approximate surface area is 225 Å². The lowest BCUT2D eigenvalue weighted by Crippen LogP contribution is -2.45. The fourth-order valence-electron chi connectivity index (χ4n) is 7.71. The summed E-state index contributed by atoms with van der Waals surface area (Å²) in [4.78, 5) is 0. The lowest BCUT2D eigenvalue weighted by Gasteiger charge is -2.44. The molecule has 3 rings (SSSR count). The first kappa shape index (κ1) is 30.6. The van der Waals surface area contributed by atoms with Gasteiger partial charge in [0, 0.05) is 19.6 Å². The number of rotatable bonds is 12. The van der Waals surface area contributed by atoms with E-state index in [2.05, 4.69) is 46.4 Å². The third-order valence-electron chi connectivity index (χ3n) is 10.3. The molecule has 3 aliphatic rings. The molecule has 3 fully saturated rings. The van der Waals surface area contributed by atoms with E-state index < -0.39 is 23.9 Å². The number of fused-ring (bicyclic) bond motifs is 1. The predicted molar refractivity (Wildman–Crippen MR) is 150 cm³/mol. The first-order valence-corrected chi connectivity index (χ1v) is 15.0. The van der Waals surface area contributed by atoms with E-state index in [4.69, 9.17) is 9.84 Å². The fourth-order valence-corrected chi connectivity index (χ4v) is 7.71. The minimum Gasteiger partial charge on any atom is -0.396 e. The third kappa shape index (κ3) is 6.97. The van der Waals surface area contributed by atoms with E-state index in [-0.39, 0.29) is 6.61 Å². The molecule has 0 spiro atoms. The van der Waals surface area contributed by atoms with Gasteiger partial charge in [-0.1, -0.05) is 64.8 Å². The van der Waals surface area contributed by atoms with Crippen LogP contribution in [0.2, 0.25) is 0 Å². The monoisotopic (exact) mass is 518 g/mol. The van der Waals surface area contributed by atoms with Crippen LogP contribution in [0.4, 0.5) is 0 Å². The molecule has 0 aromatic heterocycles. The maximum absolute atomic E-state index is 10.7. The van der Waals surface area contributed by atoms with Crippen LogP contribution in [0.3, 0.4) is 0 Å². The summed E-state index contributed by atoms with van der Waals surface area (Å²) in [6.07, 6.45) is 13.9. The van der Waals surface area contributed by atoms with Crippen LogP contribution in [0.15, 0.2) is 35.5 Å². The van der Waals surface area contributed by atoms with Crippen LogP contribution >= 0.6 is 0 Å². The van der Waals surface area contributed by atoms with E-state index in [1.165, 1.54) is 37.7 Å². The van der Waals surface area contributed by atoms with Gasteiger partial charge in [0.25, 0.3) is 0 Å². The molecule has 0 aliphatic heterocycles. The molecule has 0 aromatic carbocycles. The van der Waals surface area contributed by atoms with Crippen molar-refractivity contribution in [3.05, 3.63) is 35.5 Å². The second kappa shape index (κ2) is 13.4. The van der Waals surface area contributed by atoms with E-state index >= 15 is 0 Å². The number of hydrogen-bond acceptors (Lipinski definition) is 5. The summed E-state index contributed by atoms with van der Waals surface area (Å²) in [5, 5.41) is 41.0. The summed E-state index contributed by atoms with van der Waals surface area (Å²) in [6, 6.07) is 0. The normalized spacial score (nSPS) is 35.8. The van der Waals surface area contributed by atoms with Crippen molar-refractivity contribution in [3.8, 4) is 0 Å². The molecule has 37 heavy (non-hydrogen) atoms. The summed E-state index contributed by atoms with van der Waals surface area (Å²) in [7, 11) is 0. The van der Waals surface area contributed by atoms with Gasteiger partial charge in [-0.2, -0.15) is 0 Å². The molecule has 3 saturated carbocycles. The van der Waals surface area contributed by atoms with Gasteiger partial charge in [-0.05, 0) is 92.1 Å². The highest BCUT2D eigenvalue weighted by Gasteiger charge is 2.50. The largest absolute Gasteiger partial charge is 0.396 e. The van der Waals surface area contributed by atoms with Crippen molar-refractivity contribution in [1.29, 1.82) is 0 Å². The number of aliphatic hydroxyl groups is 4. The van der Waals surface area contributed by atoms with Gasteiger partial charge in [-0.15, -0.1) is 0 Å². The lowest BCUT2D eigenvalue weighted by atomic mass is 9.60. The second-order valence-corrected chi connectivity index (χ2v) is 12.5. The zero-order chi connectivity index (χ0) is 27.2. The summed E-state index contributed by atoms with van der Waals surface area (Å²) in [6.45, 7) is 13.6. The van der Waals surface area contributed by atoms with Crippen molar-refractivity contribution in [2.24, 2.45) is 23.2 Å². The Morgan fingerprint density at radius 1 is 1.16 bits per heavy atom. The van der Waals surface area contributed by atoms with Crippen molar-refractivity contribution in [2.75, 3.05) is 13.2 Å². The molecule has 7 atom stereocenters. The van der Waals surface area contributed by atoms with Crippen molar-refractivity contribution in [3.63, 3.8) is 0 Å². The van der Waals surface area contributed by atoms with E-state index in [1.807, 2.05) is 0 Å². The van der Waals surface area contributed by atoms with Crippen molar-refractivity contribution < 1.29 is 25.2 Å². The average molecular weight is 519 g/mol. The number of hydrogen-bond donors (Lipinski definition) is 4. The molecule has 0 radical (unpaired) electrons. The second-order valence-electron chi connectivity index (χ2n) is 12.5. The molecular weight excluding hydrogens is 464 g/mol. The standard InChI is InChI=1S/C32H54O5/c1-6-32(36,7-2)18-8-11-22(3)26-15-16-27-24(12-9-17-31(26,27)5)13-14-25-21-28(34)30(29(35)23(25)4)37-20-10-19-33/h13-14,22,26-30,33-36H,4,6-12,15-21H2,1-3,5H3/t22-,26-,27+,28-,29-,30-,31-/m1/s1. The highest BCUT2D eigenvalue weighted by Crippen LogP contribution is 2.60.